The molecule has 0 saturated carbocycles. The first-order chi connectivity index (χ1) is 7.24. The van der Waals surface area contributed by atoms with Crippen LogP contribution in [-0.2, 0) is 6.61 Å². The first-order valence-electron chi connectivity index (χ1n) is 4.27. The van der Waals surface area contributed by atoms with Gasteiger partial charge in [-0.15, -0.1) is 10.2 Å². The second-order valence-electron chi connectivity index (χ2n) is 2.84. The quantitative estimate of drug-likeness (QED) is 0.801. The van der Waals surface area contributed by atoms with E-state index in [4.69, 9.17) is 4.74 Å². The average molecular weight is 225 g/mol. The van der Waals surface area contributed by atoms with Gasteiger partial charge < -0.3 is 4.74 Å². The number of pyridine rings is 1. The molecule has 0 saturated heterocycles. The number of rotatable bonds is 3. The van der Waals surface area contributed by atoms with E-state index in [0.717, 1.165) is 11.2 Å². The number of aromatic nitrogens is 3. The lowest BCUT2D eigenvalue weighted by Gasteiger charge is -2.00. The SMILES string of the molecule is Cc1nnc(OCc2ccc(F)cn2)s1. The van der Waals surface area contributed by atoms with Gasteiger partial charge in [-0.05, 0) is 19.1 Å². The maximum Gasteiger partial charge on any atom is 0.294 e. The third-order valence-electron chi connectivity index (χ3n) is 1.64. The maximum absolute atomic E-state index is 12.5. The predicted molar refractivity (Wildman–Crippen MR) is 53.2 cm³/mol. The van der Waals surface area contributed by atoms with Gasteiger partial charge in [-0.2, -0.15) is 0 Å². The number of ether oxygens (including phenoxy) is 1. The molecule has 2 aromatic heterocycles. The average Bonchev–Trinajstić information content (AvgIpc) is 2.64. The van der Waals surface area contributed by atoms with E-state index < -0.39 is 0 Å². The summed E-state index contributed by atoms with van der Waals surface area (Å²) in [5.74, 6) is -0.356. The smallest absolute Gasteiger partial charge is 0.294 e. The Kier molecular flexibility index (Phi) is 2.86. The van der Waals surface area contributed by atoms with E-state index in [1.807, 2.05) is 6.92 Å². The van der Waals surface area contributed by atoms with Crippen molar-refractivity contribution < 1.29 is 9.13 Å². The second-order valence-corrected chi connectivity index (χ2v) is 3.99. The van der Waals surface area contributed by atoms with Gasteiger partial charge in [-0.1, -0.05) is 11.3 Å². The minimum absolute atomic E-state index is 0.273. The van der Waals surface area contributed by atoms with Crippen LogP contribution in [0.4, 0.5) is 4.39 Å². The monoisotopic (exact) mass is 225 g/mol. The van der Waals surface area contributed by atoms with Crippen molar-refractivity contribution in [2.45, 2.75) is 13.5 Å². The Morgan fingerprint density at radius 1 is 1.40 bits per heavy atom. The lowest BCUT2D eigenvalue weighted by Crippen LogP contribution is -1.97. The van der Waals surface area contributed by atoms with Gasteiger partial charge >= 0.3 is 0 Å². The molecule has 2 rings (SSSR count). The zero-order chi connectivity index (χ0) is 10.7. The molecule has 0 aromatic carbocycles. The highest BCUT2D eigenvalue weighted by atomic mass is 32.1. The molecule has 0 unspecified atom stereocenters. The number of nitrogens with zero attached hydrogens (tertiary/aromatic N) is 3. The van der Waals surface area contributed by atoms with Gasteiger partial charge in [0.25, 0.3) is 5.19 Å². The number of aryl methyl sites for hydroxylation is 1. The van der Waals surface area contributed by atoms with Gasteiger partial charge in [0.05, 0.1) is 11.9 Å². The van der Waals surface area contributed by atoms with E-state index in [-0.39, 0.29) is 12.4 Å². The highest BCUT2D eigenvalue weighted by Gasteiger charge is 2.02. The van der Waals surface area contributed by atoms with E-state index >= 15 is 0 Å². The number of halogens is 1. The van der Waals surface area contributed by atoms with Crippen molar-refractivity contribution in [3.8, 4) is 5.19 Å². The first-order valence-corrected chi connectivity index (χ1v) is 5.09. The molecule has 78 valence electrons. The summed E-state index contributed by atoms with van der Waals surface area (Å²) in [5.41, 5.74) is 0.657. The summed E-state index contributed by atoms with van der Waals surface area (Å²) in [6.07, 6.45) is 1.16. The topological polar surface area (TPSA) is 47.9 Å². The molecule has 15 heavy (non-hydrogen) atoms. The van der Waals surface area contributed by atoms with Crippen molar-refractivity contribution in [1.29, 1.82) is 0 Å². The highest BCUT2D eigenvalue weighted by Crippen LogP contribution is 2.17. The van der Waals surface area contributed by atoms with Gasteiger partial charge in [-0.25, -0.2) is 4.39 Å². The molecule has 4 nitrogen and oxygen atoms in total. The van der Waals surface area contributed by atoms with Crippen molar-refractivity contribution in [2.75, 3.05) is 0 Å². The van der Waals surface area contributed by atoms with Crippen LogP contribution in [0.5, 0.6) is 5.19 Å². The molecule has 2 heterocycles. The molecular formula is C9H8FN3OS. The molecule has 0 bridgehead atoms. The van der Waals surface area contributed by atoms with Crippen molar-refractivity contribution in [1.82, 2.24) is 15.2 Å². The summed E-state index contributed by atoms with van der Waals surface area (Å²) < 4.78 is 17.8. The third kappa shape index (κ3) is 2.69. The largest absolute Gasteiger partial charge is 0.462 e. The number of hydrogen-bond donors (Lipinski definition) is 0. The Balaban J connectivity index is 1.96. The molecule has 0 aliphatic heterocycles. The molecule has 0 amide bonds. The Morgan fingerprint density at radius 3 is 2.87 bits per heavy atom. The van der Waals surface area contributed by atoms with Crippen molar-refractivity contribution in [3.63, 3.8) is 0 Å². The minimum Gasteiger partial charge on any atom is -0.462 e. The van der Waals surface area contributed by atoms with Crippen molar-refractivity contribution in [2.24, 2.45) is 0 Å². The van der Waals surface area contributed by atoms with Gasteiger partial charge in [0.2, 0.25) is 0 Å². The number of hydrogen-bond acceptors (Lipinski definition) is 5. The summed E-state index contributed by atoms with van der Waals surface area (Å²) in [4.78, 5) is 3.86. The molecule has 6 heteroatoms. The van der Waals surface area contributed by atoms with Crippen LogP contribution in [0, 0.1) is 12.7 Å². The lowest BCUT2D eigenvalue weighted by molar-refractivity contribution is 0.297. The molecule has 0 N–H and O–H groups in total. The summed E-state index contributed by atoms with van der Waals surface area (Å²) in [7, 11) is 0. The molecular weight excluding hydrogens is 217 g/mol. The van der Waals surface area contributed by atoms with Crippen LogP contribution in [0.2, 0.25) is 0 Å². The van der Waals surface area contributed by atoms with Gasteiger partial charge in [-0.3, -0.25) is 4.98 Å². The van der Waals surface area contributed by atoms with Gasteiger partial charge in [0.15, 0.2) is 0 Å². The molecule has 0 aliphatic carbocycles. The summed E-state index contributed by atoms with van der Waals surface area (Å²) in [6, 6.07) is 2.92. The van der Waals surface area contributed by atoms with E-state index in [1.54, 1.807) is 6.07 Å². The van der Waals surface area contributed by atoms with E-state index in [0.29, 0.717) is 10.9 Å². The molecule has 0 fully saturated rings. The first kappa shape index (κ1) is 9.97. The van der Waals surface area contributed by atoms with Crippen LogP contribution in [0.1, 0.15) is 10.7 Å². The van der Waals surface area contributed by atoms with Crippen LogP contribution < -0.4 is 4.74 Å². The van der Waals surface area contributed by atoms with Crippen LogP contribution in [-0.4, -0.2) is 15.2 Å². The van der Waals surface area contributed by atoms with Crippen LogP contribution in [0.3, 0.4) is 0 Å². The van der Waals surface area contributed by atoms with Gasteiger partial charge in [0, 0.05) is 0 Å². The maximum atomic E-state index is 12.5. The zero-order valence-electron chi connectivity index (χ0n) is 7.98. The molecule has 0 atom stereocenters. The molecule has 0 aliphatic rings. The van der Waals surface area contributed by atoms with E-state index in [2.05, 4.69) is 15.2 Å². The van der Waals surface area contributed by atoms with Crippen molar-refractivity contribution in [3.05, 3.63) is 34.8 Å². The Morgan fingerprint density at radius 2 is 2.27 bits per heavy atom. The zero-order valence-corrected chi connectivity index (χ0v) is 8.79. The summed E-state index contributed by atoms with van der Waals surface area (Å²) >= 11 is 1.36. The standard InChI is InChI=1S/C9H8FN3OS/c1-6-12-13-9(15-6)14-5-8-3-2-7(10)4-11-8/h2-4H,5H2,1H3. The fourth-order valence-corrected chi connectivity index (χ4v) is 1.50. The lowest BCUT2D eigenvalue weighted by atomic mass is 10.4. The highest BCUT2D eigenvalue weighted by molar-refractivity contribution is 7.12. The molecule has 0 radical (unpaired) electrons. The predicted octanol–water partition coefficient (Wildman–Crippen LogP) is 1.96. The second kappa shape index (κ2) is 4.31. The van der Waals surface area contributed by atoms with Crippen molar-refractivity contribution >= 4 is 11.3 Å². The Bertz CT molecular complexity index is 443. The molecule has 0 spiro atoms. The fourth-order valence-electron chi connectivity index (χ4n) is 0.964. The summed E-state index contributed by atoms with van der Waals surface area (Å²) in [6.45, 7) is 2.12. The third-order valence-corrected chi connectivity index (χ3v) is 2.39. The van der Waals surface area contributed by atoms with E-state index in [1.165, 1.54) is 17.4 Å². The van der Waals surface area contributed by atoms with Crippen LogP contribution in [0.25, 0.3) is 0 Å². The van der Waals surface area contributed by atoms with Gasteiger partial charge in [0.1, 0.15) is 17.4 Å². The Hall–Kier alpha value is -1.56. The normalized spacial score (nSPS) is 10.3. The van der Waals surface area contributed by atoms with Crippen LogP contribution >= 0.6 is 11.3 Å². The minimum atomic E-state index is -0.356. The summed E-state index contributed by atoms with van der Waals surface area (Å²) in [5, 5.41) is 8.94. The van der Waals surface area contributed by atoms with E-state index in [9.17, 15) is 4.39 Å². The fraction of sp³-hybridized carbons (Fsp3) is 0.222. The van der Waals surface area contributed by atoms with Crippen LogP contribution in [0.15, 0.2) is 18.3 Å². The molecule has 2 aromatic rings. The Labute approximate surface area is 89.8 Å².